The Kier molecular flexibility index (Phi) is 3.43. The third-order valence-electron chi connectivity index (χ3n) is 3.50. The van der Waals surface area contributed by atoms with E-state index in [4.69, 9.17) is 5.11 Å². The van der Waals surface area contributed by atoms with Gasteiger partial charge in [0, 0.05) is 5.41 Å². The first-order valence-corrected chi connectivity index (χ1v) is 5.89. The number of carboxylic acid groups (broad SMARTS) is 1. The molecule has 0 spiro atoms. The molecule has 104 valence electrons. The maximum absolute atomic E-state index is 12.0. The molecular weight excluding hydrogens is 261 g/mol. The lowest BCUT2D eigenvalue weighted by Gasteiger charge is -2.41. The lowest BCUT2D eigenvalue weighted by atomic mass is 9.62. The molecule has 1 aliphatic carbocycles. The van der Waals surface area contributed by atoms with Crippen molar-refractivity contribution in [3.63, 3.8) is 0 Å². The average molecular weight is 274 g/mol. The summed E-state index contributed by atoms with van der Waals surface area (Å²) in [6.07, 6.45) is -2.27. The van der Waals surface area contributed by atoms with Crippen molar-refractivity contribution in [1.82, 2.24) is 0 Å². The average Bonchev–Trinajstić information content (AvgIpc) is 2.22. The van der Waals surface area contributed by atoms with Gasteiger partial charge in [0.25, 0.3) is 0 Å². The summed E-state index contributed by atoms with van der Waals surface area (Å²) in [5, 5.41) is 8.91. The minimum atomic E-state index is -4.71. The molecule has 1 N–H and O–H groups in total. The van der Waals surface area contributed by atoms with Crippen molar-refractivity contribution in [3.05, 3.63) is 29.8 Å². The number of aliphatic carboxylic acids is 1. The predicted molar refractivity (Wildman–Crippen MR) is 60.9 cm³/mol. The van der Waals surface area contributed by atoms with Crippen molar-refractivity contribution < 1.29 is 27.8 Å². The molecule has 0 saturated heterocycles. The van der Waals surface area contributed by atoms with Crippen LogP contribution in [0.3, 0.4) is 0 Å². The molecule has 0 aromatic heterocycles. The van der Waals surface area contributed by atoms with E-state index in [9.17, 15) is 18.0 Å². The van der Waals surface area contributed by atoms with Crippen LogP contribution in [0.1, 0.15) is 31.2 Å². The second-order valence-electron chi connectivity index (χ2n) is 4.78. The van der Waals surface area contributed by atoms with E-state index in [1.54, 1.807) is 0 Å². The topological polar surface area (TPSA) is 46.5 Å². The van der Waals surface area contributed by atoms with E-state index in [2.05, 4.69) is 4.74 Å². The summed E-state index contributed by atoms with van der Waals surface area (Å²) < 4.78 is 39.9. The van der Waals surface area contributed by atoms with Crippen molar-refractivity contribution >= 4 is 5.97 Å². The number of alkyl halides is 3. The van der Waals surface area contributed by atoms with Crippen LogP contribution in [0.15, 0.2) is 24.3 Å². The van der Waals surface area contributed by atoms with Gasteiger partial charge < -0.3 is 9.84 Å². The fourth-order valence-corrected chi connectivity index (χ4v) is 2.47. The molecule has 6 heteroatoms. The summed E-state index contributed by atoms with van der Waals surface area (Å²) in [7, 11) is 0. The Morgan fingerprint density at radius 2 is 1.84 bits per heavy atom. The zero-order valence-corrected chi connectivity index (χ0v) is 10.0. The lowest BCUT2D eigenvalue weighted by molar-refractivity contribution is -0.274. The third kappa shape index (κ3) is 3.19. The van der Waals surface area contributed by atoms with E-state index in [0.29, 0.717) is 0 Å². The number of carboxylic acids is 1. The van der Waals surface area contributed by atoms with Crippen molar-refractivity contribution in [3.8, 4) is 5.75 Å². The highest BCUT2D eigenvalue weighted by molar-refractivity contribution is 5.69. The van der Waals surface area contributed by atoms with Gasteiger partial charge in [0.15, 0.2) is 0 Å². The monoisotopic (exact) mass is 274 g/mol. The number of carbonyl (C=O) groups is 1. The Hall–Kier alpha value is -1.72. The molecule has 1 aromatic carbocycles. The first kappa shape index (κ1) is 13.7. The standard InChI is InChI=1S/C13H13F3O3/c14-13(15,16)19-10-4-2-9(3-5-10)12(6-1-7-12)8-11(17)18/h2-5H,1,6-8H2,(H,17,18). The van der Waals surface area contributed by atoms with Crippen molar-refractivity contribution in [2.75, 3.05) is 0 Å². The summed E-state index contributed by atoms with van der Waals surface area (Å²) in [6, 6.07) is 5.49. The summed E-state index contributed by atoms with van der Waals surface area (Å²) in [5.74, 6) is -1.18. The molecule has 0 atom stereocenters. The molecule has 1 saturated carbocycles. The van der Waals surface area contributed by atoms with Crippen LogP contribution in [0.4, 0.5) is 13.2 Å². The Balaban J connectivity index is 2.15. The van der Waals surface area contributed by atoms with Crippen molar-refractivity contribution in [1.29, 1.82) is 0 Å². The minimum absolute atomic E-state index is 0.00642. The van der Waals surface area contributed by atoms with E-state index in [1.165, 1.54) is 24.3 Å². The Labute approximate surface area is 108 Å². The van der Waals surface area contributed by atoms with E-state index in [1.807, 2.05) is 0 Å². The zero-order chi connectivity index (χ0) is 14.1. The van der Waals surface area contributed by atoms with E-state index in [-0.39, 0.29) is 12.2 Å². The van der Waals surface area contributed by atoms with Gasteiger partial charge in [-0.15, -0.1) is 13.2 Å². The second-order valence-corrected chi connectivity index (χ2v) is 4.78. The summed E-state index contributed by atoms with van der Waals surface area (Å²) in [5.41, 5.74) is 0.332. The number of benzene rings is 1. The number of halogens is 3. The molecule has 2 rings (SSSR count). The second kappa shape index (κ2) is 4.75. The van der Waals surface area contributed by atoms with Crippen LogP contribution in [-0.4, -0.2) is 17.4 Å². The highest BCUT2D eigenvalue weighted by Crippen LogP contribution is 2.46. The Morgan fingerprint density at radius 1 is 1.26 bits per heavy atom. The van der Waals surface area contributed by atoms with Crippen LogP contribution in [0, 0.1) is 0 Å². The van der Waals surface area contributed by atoms with Gasteiger partial charge >= 0.3 is 12.3 Å². The molecule has 19 heavy (non-hydrogen) atoms. The lowest BCUT2D eigenvalue weighted by Crippen LogP contribution is -2.36. The molecule has 1 aromatic rings. The van der Waals surface area contributed by atoms with Crippen LogP contribution in [0.25, 0.3) is 0 Å². The van der Waals surface area contributed by atoms with Crippen molar-refractivity contribution in [2.45, 2.75) is 37.5 Å². The molecule has 0 unspecified atom stereocenters. The molecule has 0 heterocycles. The van der Waals surface area contributed by atoms with Crippen LogP contribution >= 0.6 is 0 Å². The molecule has 1 fully saturated rings. The van der Waals surface area contributed by atoms with Crippen LogP contribution < -0.4 is 4.74 Å². The van der Waals surface area contributed by atoms with Gasteiger partial charge in [-0.2, -0.15) is 0 Å². The molecule has 0 bridgehead atoms. The maximum Gasteiger partial charge on any atom is 0.573 e. The van der Waals surface area contributed by atoms with Crippen LogP contribution in [0.5, 0.6) is 5.75 Å². The highest BCUT2D eigenvalue weighted by atomic mass is 19.4. The Morgan fingerprint density at radius 3 is 2.21 bits per heavy atom. The summed E-state index contributed by atoms with van der Waals surface area (Å²) in [4.78, 5) is 10.9. The van der Waals surface area contributed by atoms with Gasteiger partial charge in [-0.05, 0) is 30.5 Å². The molecule has 1 aliphatic rings. The Bertz CT molecular complexity index is 461. The molecule has 0 aliphatic heterocycles. The van der Waals surface area contributed by atoms with E-state index >= 15 is 0 Å². The van der Waals surface area contributed by atoms with Crippen molar-refractivity contribution in [2.24, 2.45) is 0 Å². The van der Waals surface area contributed by atoms with Gasteiger partial charge in [-0.3, -0.25) is 4.79 Å². The number of ether oxygens (including phenoxy) is 1. The van der Waals surface area contributed by atoms with Crippen LogP contribution in [0.2, 0.25) is 0 Å². The SMILES string of the molecule is O=C(O)CC1(c2ccc(OC(F)(F)F)cc2)CCC1. The van der Waals surface area contributed by atoms with E-state index < -0.39 is 17.7 Å². The fourth-order valence-electron chi connectivity index (χ4n) is 2.47. The molecule has 3 nitrogen and oxygen atoms in total. The normalized spacial score (nSPS) is 17.6. The maximum atomic E-state index is 12.0. The van der Waals surface area contributed by atoms with Gasteiger partial charge in [0.05, 0.1) is 6.42 Å². The number of hydrogen-bond donors (Lipinski definition) is 1. The van der Waals surface area contributed by atoms with Gasteiger partial charge in [0.1, 0.15) is 5.75 Å². The largest absolute Gasteiger partial charge is 0.573 e. The number of rotatable bonds is 4. The molecular formula is C13H13F3O3. The first-order chi connectivity index (χ1) is 8.81. The summed E-state index contributed by atoms with van der Waals surface area (Å²) >= 11 is 0. The first-order valence-electron chi connectivity index (χ1n) is 5.89. The van der Waals surface area contributed by atoms with Crippen LogP contribution in [-0.2, 0) is 10.2 Å². The summed E-state index contributed by atoms with van der Waals surface area (Å²) in [6.45, 7) is 0. The molecule has 0 radical (unpaired) electrons. The fraction of sp³-hybridized carbons (Fsp3) is 0.462. The zero-order valence-electron chi connectivity index (χ0n) is 10.0. The quantitative estimate of drug-likeness (QED) is 0.914. The minimum Gasteiger partial charge on any atom is -0.481 e. The van der Waals surface area contributed by atoms with Gasteiger partial charge in [0.2, 0.25) is 0 Å². The smallest absolute Gasteiger partial charge is 0.481 e. The third-order valence-corrected chi connectivity index (χ3v) is 3.50. The predicted octanol–water partition coefficient (Wildman–Crippen LogP) is 3.48. The molecule has 0 amide bonds. The highest BCUT2D eigenvalue weighted by Gasteiger charge is 2.40. The van der Waals surface area contributed by atoms with Gasteiger partial charge in [-0.1, -0.05) is 18.6 Å². The van der Waals surface area contributed by atoms with E-state index in [0.717, 1.165) is 24.8 Å². The number of hydrogen-bond acceptors (Lipinski definition) is 2. The van der Waals surface area contributed by atoms with Gasteiger partial charge in [-0.25, -0.2) is 0 Å².